The van der Waals surface area contributed by atoms with E-state index in [2.05, 4.69) is 15.0 Å². The molecule has 118 valence electrons. The van der Waals surface area contributed by atoms with Gasteiger partial charge in [0.1, 0.15) is 0 Å². The average molecular weight is 293 g/mol. The van der Waals surface area contributed by atoms with Crippen molar-refractivity contribution < 1.29 is 9.63 Å². The molecule has 2 heterocycles. The lowest BCUT2D eigenvalue weighted by Gasteiger charge is -2.43. The molecular formula is C16H27N3O2. The molecule has 3 rings (SSSR count). The first kappa shape index (κ1) is 15.0. The Kier molecular flexibility index (Phi) is 4.91. The van der Waals surface area contributed by atoms with Crippen LogP contribution in [-0.2, 0) is 13.0 Å². The molecular weight excluding hydrogens is 266 g/mol. The number of aliphatic hydroxyl groups is 1. The Bertz CT molecular complexity index is 448. The van der Waals surface area contributed by atoms with E-state index in [1.807, 2.05) is 6.92 Å². The lowest BCUT2D eigenvalue weighted by molar-refractivity contribution is -0.0117. The zero-order valence-corrected chi connectivity index (χ0v) is 13.0. The average Bonchev–Trinajstić information content (AvgIpc) is 2.96. The van der Waals surface area contributed by atoms with E-state index in [4.69, 9.17) is 4.52 Å². The number of aromatic nitrogens is 2. The number of aliphatic hydroxyl groups excluding tert-OH is 1. The highest BCUT2D eigenvalue weighted by molar-refractivity contribution is 4.92. The second-order valence-corrected chi connectivity index (χ2v) is 6.51. The van der Waals surface area contributed by atoms with E-state index in [1.54, 1.807) is 0 Å². The van der Waals surface area contributed by atoms with Crippen molar-refractivity contribution in [3.63, 3.8) is 0 Å². The summed E-state index contributed by atoms with van der Waals surface area (Å²) in [5, 5.41) is 14.4. The predicted molar refractivity (Wildman–Crippen MR) is 79.7 cm³/mol. The molecule has 0 bridgehead atoms. The van der Waals surface area contributed by atoms with Gasteiger partial charge in [-0.25, -0.2) is 0 Å². The fraction of sp³-hybridized carbons (Fsp3) is 0.875. The van der Waals surface area contributed by atoms with E-state index in [0.717, 1.165) is 44.1 Å². The van der Waals surface area contributed by atoms with Crippen LogP contribution in [0.2, 0.25) is 0 Å². The third-order valence-electron chi connectivity index (χ3n) is 5.10. The molecule has 2 fully saturated rings. The van der Waals surface area contributed by atoms with Crippen molar-refractivity contribution in [3.8, 4) is 0 Å². The Hall–Kier alpha value is -0.940. The number of hydrogen-bond donors (Lipinski definition) is 1. The summed E-state index contributed by atoms with van der Waals surface area (Å²) in [6.45, 7) is 3.86. The first-order valence-electron chi connectivity index (χ1n) is 8.51. The van der Waals surface area contributed by atoms with Crippen LogP contribution in [0.1, 0.15) is 63.6 Å². The van der Waals surface area contributed by atoms with E-state index in [9.17, 15) is 5.11 Å². The van der Waals surface area contributed by atoms with Gasteiger partial charge in [-0.1, -0.05) is 31.3 Å². The van der Waals surface area contributed by atoms with Gasteiger partial charge in [0, 0.05) is 18.4 Å². The smallest absolute Gasteiger partial charge is 0.240 e. The Balaban J connectivity index is 1.68. The molecule has 3 unspecified atom stereocenters. The molecule has 0 aromatic carbocycles. The van der Waals surface area contributed by atoms with Gasteiger partial charge < -0.3 is 9.63 Å². The van der Waals surface area contributed by atoms with Crippen LogP contribution in [0.4, 0.5) is 0 Å². The maximum Gasteiger partial charge on any atom is 0.240 e. The van der Waals surface area contributed by atoms with Gasteiger partial charge >= 0.3 is 0 Å². The van der Waals surface area contributed by atoms with E-state index < -0.39 is 0 Å². The summed E-state index contributed by atoms with van der Waals surface area (Å²) < 4.78 is 5.36. The van der Waals surface area contributed by atoms with Crippen molar-refractivity contribution in [2.75, 3.05) is 6.54 Å². The quantitative estimate of drug-likeness (QED) is 0.924. The lowest BCUT2D eigenvalue weighted by Crippen LogP contribution is -2.48. The van der Waals surface area contributed by atoms with E-state index in [1.165, 1.54) is 32.1 Å². The number of nitrogens with zero attached hydrogens (tertiary/aromatic N) is 3. The van der Waals surface area contributed by atoms with E-state index in [0.29, 0.717) is 12.0 Å². The van der Waals surface area contributed by atoms with Gasteiger partial charge in [0.25, 0.3) is 0 Å². The van der Waals surface area contributed by atoms with Gasteiger partial charge in [0.2, 0.25) is 5.89 Å². The van der Waals surface area contributed by atoms with Gasteiger partial charge in [-0.2, -0.15) is 4.98 Å². The summed E-state index contributed by atoms with van der Waals surface area (Å²) in [6, 6.07) is 0.478. The summed E-state index contributed by atoms with van der Waals surface area (Å²) in [5.41, 5.74) is 0. The summed E-state index contributed by atoms with van der Waals surface area (Å²) in [5.74, 6) is 1.94. The van der Waals surface area contributed by atoms with Crippen LogP contribution in [0.25, 0.3) is 0 Å². The summed E-state index contributed by atoms with van der Waals surface area (Å²) in [6.07, 6.45) is 8.94. The van der Waals surface area contributed by atoms with E-state index in [-0.39, 0.29) is 6.10 Å². The van der Waals surface area contributed by atoms with Gasteiger partial charge in [-0.3, -0.25) is 4.90 Å². The zero-order valence-electron chi connectivity index (χ0n) is 13.0. The Labute approximate surface area is 126 Å². The van der Waals surface area contributed by atoms with Crippen LogP contribution >= 0.6 is 0 Å². The van der Waals surface area contributed by atoms with Gasteiger partial charge in [-0.15, -0.1) is 0 Å². The molecule has 0 spiro atoms. The summed E-state index contributed by atoms with van der Waals surface area (Å²) in [4.78, 5) is 6.91. The molecule has 1 aliphatic carbocycles. The Morgan fingerprint density at radius 1 is 1.19 bits per heavy atom. The fourth-order valence-corrected chi connectivity index (χ4v) is 3.96. The summed E-state index contributed by atoms with van der Waals surface area (Å²) in [7, 11) is 0. The standard InChI is InChI=1S/C16H27N3O2/c1-2-15-17-16(21-18-15)11-19-10-6-5-8-13(19)12-7-3-4-9-14(12)20/h12-14,20H,2-11H2,1H3. The lowest BCUT2D eigenvalue weighted by atomic mass is 9.78. The maximum atomic E-state index is 10.4. The molecule has 1 aromatic rings. The number of aryl methyl sites for hydroxylation is 1. The van der Waals surface area contributed by atoms with Crippen molar-refractivity contribution in [3.05, 3.63) is 11.7 Å². The topological polar surface area (TPSA) is 62.4 Å². The monoisotopic (exact) mass is 293 g/mol. The van der Waals surface area contributed by atoms with Crippen LogP contribution in [-0.4, -0.2) is 38.8 Å². The van der Waals surface area contributed by atoms with Crippen LogP contribution in [0.3, 0.4) is 0 Å². The third-order valence-corrected chi connectivity index (χ3v) is 5.10. The normalized spacial score (nSPS) is 31.4. The Morgan fingerprint density at radius 3 is 2.76 bits per heavy atom. The minimum absolute atomic E-state index is 0.127. The molecule has 5 nitrogen and oxygen atoms in total. The van der Waals surface area contributed by atoms with Gasteiger partial charge in [-0.05, 0) is 32.2 Å². The molecule has 1 N–H and O–H groups in total. The van der Waals surface area contributed by atoms with Crippen molar-refractivity contribution in [2.45, 2.75) is 77.0 Å². The highest BCUT2D eigenvalue weighted by Crippen LogP contribution is 2.34. The first-order chi connectivity index (χ1) is 10.3. The summed E-state index contributed by atoms with van der Waals surface area (Å²) >= 11 is 0. The van der Waals surface area contributed by atoms with Crippen molar-refractivity contribution in [1.82, 2.24) is 15.0 Å². The third kappa shape index (κ3) is 3.46. The molecule has 3 atom stereocenters. The van der Waals surface area contributed by atoms with E-state index >= 15 is 0 Å². The molecule has 0 radical (unpaired) electrons. The number of piperidine rings is 1. The SMILES string of the molecule is CCc1noc(CN2CCCCC2C2CCCCC2O)n1. The zero-order chi connectivity index (χ0) is 14.7. The highest BCUT2D eigenvalue weighted by atomic mass is 16.5. The Morgan fingerprint density at radius 2 is 2.00 bits per heavy atom. The minimum Gasteiger partial charge on any atom is -0.393 e. The second-order valence-electron chi connectivity index (χ2n) is 6.51. The van der Waals surface area contributed by atoms with Crippen molar-refractivity contribution in [2.24, 2.45) is 5.92 Å². The molecule has 5 heteroatoms. The van der Waals surface area contributed by atoms with Crippen molar-refractivity contribution >= 4 is 0 Å². The number of likely N-dealkylation sites (tertiary alicyclic amines) is 1. The van der Waals surface area contributed by atoms with Crippen molar-refractivity contribution in [1.29, 1.82) is 0 Å². The molecule has 0 amide bonds. The largest absolute Gasteiger partial charge is 0.393 e. The van der Waals surface area contributed by atoms with Crippen LogP contribution < -0.4 is 0 Å². The minimum atomic E-state index is -0.127. The highest BCUT2D eigenvalue weighted by Gasteiger charge is 2.36. The van der Waals surface area contributed by atoms with Crippen LogP contribution in [0.5, 0.6) is 0 Å². The molecule has 1 aliphatic heterocycles. The molecule has 1 aromatic heterocycles. The molecule has 21 heavy (non-hydrogen) atoms. The predicted octanol–water partition coefficient (Wildman–Crippen LogP) is 2.54. The molecule has 1 saturated carbocycles. The number of hydrogen-bond acceptors (Lipinski definition) is 5. The van der Waals surface area contributed by atoms with Gasteiger partial charge in [0.05, 0.1) is 12.6 Å². The fourth-order valence-electron chi connectivity index (χ4n) is 3.96. The molecule has 1 saturated heterocycles. The van der Waals surface area contributed by atoms with Crippen LogP contribution in [0.15, 0.2) is 4.52 Å². The number of rotatable bonds is 4. The first-order valence-corrected chi connectivity index (χ1v) is 8.51. The molecule has 2 aliphatic rings. The second kappa shape index (κ2) is 6.88. The maximum absolute atomic E-state index is 10.4. The van der Waals surface area contributed by atoms with Crippen LogP contribution in [0, 0.1) is 5.92 Å². The van der Waals surface area contributed by atoms with Gasteiger partial charge in [0.15, 0.2) is 5.82 Å².